The molecule has 4 heterocycles. The summed E-state index contributed by atoms with van der Waals surface area (Å²) >= 11 is 3.98. The number of hydrogen-bond acceptors (Lipinski definition) is 4. The molecule has 0 bridgehead atoms. The van der Waals surface area contributed by atoms with Gasteiger partial charge >= 0.3 is 6.85 Å². The van der Waals surface area contributed by atoms with Crippen LogP contribution in [0.3, 0.4) is 0 Å². The lowest BCUT2D eigenvalue weighted by Crippen LogP contribution is -2.62. The van der Waals surface area contributed by atoms with E-state index in [9.17, 15) is 0 Å². The summed E-state index contributed by atoms with van der Waals surface area (Å²) < 4.78 is 5.46. The highest BCUT2D eigenvalue weighted by molar-refractivity contribution is 7.27. The highest BCUT2D eigenvalue weighted by Crippen LogP contribution is 2.58. The average Bonchev–Trinajstić information content (AvgIpc) is 3.92. The summed E-state index contributed by atoms with van der Waals surface area (Å²) in [5.41, 5.74) is 21.7. The standard InChI is InChI=1S/C66H67BN2S2/c1-61(2)27-29-63(5,6)48-33-38(21-25-46(48)61)68-53-37-51-50(65(9,10)31-32-66(51,11)12)36-52(53)67-56-44(35-45-41-18-14-16-20-55(41)71-60(45)58(56)68)42-23-24-43-40-17-13-15-19-54(40)70-59(43)57(42)69(67)39-22-26-47-49(34-39)64(7,8)30-28-62(47,3)4/h13-26,33-37H,27-32H2,1-12H3. The Morgan fingerprint density at radius 2 is 0.859 bits per heavy atom. The van der Waals surface area contributed by atoms with Crippen molar-refractivity contribution in [1.82, 2.24) is 0 Å². The first-order chi connectivity index (χ1) is 33.7. The highest BCUT2D eigenvalue weighted by atomic mass is 32.1. The molecular formula is C66H67BN2S2. The van der Waals surface area contributed by atoms with Crippen LogP contribution in [0.1, 0.15) is 155 Å². The molecule has 0 unspecified atom stereocenters. The zero-order valence-corrected chi connectivity index (χ0v) is 45.6. The molecule has 5 aliphatic rings. The summed E-state index contributed by atoms with van der Waals surface area (Å²) in [5.74, 6) is 0. The number of hydrogen-bond donors (Lipinski definition) is 0. The number of anilines is 5. The van der Waals surface area contributed by atoms with E-state index in [0.29, 0.717) is 0 Å². The molecule has 3 aliphatic carbocycles. The van der Waals surface area contributed by atoms with Crippen LogP contribution >= 0.6 is 22.7 Å². The van der Waals surface area contributed by atoms with Crippen LogP contribution in [0.15, 0.2) is 115 Å². The van der Waals surface area contributed by atoms with E-state index < -0.39 is 0 Å². The number of nitrogens with zero attached hydrogens (tertiary/aromatic N) is 2. The molecule has 2 aromatic heterocycles. The first-order valence-corrected chi connectivity index (χ1v) is 28.3. The Labute approximate surface area is 430 Å². The fourth-order valence-corrected chi connectivity index (χ4v) is 17.0. The highest BCUT2D eigenvalue weighted by Gasteiger charge is 2.50. The molecule has 71 heavy (non-hydrogen) atoms. The Bertz CT molecular complexity index is 3810. The van der Waals surface area contributed by atoms with Crippen molar-refractivity contribution in [2.45, 2.75) is 154 Å². The van der Waals surface area contributed by atoms with Gasteiger partial charge in [0.25, 0.3) is 0 Å². The second-order valence-corrected chi connectivity index (χ2v) is 28.5. The molecule has 14 rings (SSSR count). The number of benzene rings is 7. The first kappa shape index (κ1) is 44.4. The van der Waals surface area contributed by atoms with Gasteiger partial charge in [0.15, 0.2) is 0 Å². The zero-order valence-electron chi connectivity index (χ0n) is 44.0. The summed E-state index contributed by atoms with van der Waals surface area (Å²) in [6.07, 6.45) is 7.10. The molecule has 2 aliphatic heterocycles. The molecule has 0 atom stereocenters. The molecule has 0 radical (unpaired) electrons. The van der Waals surface area contributed by atoms with E-state index in [2.05, 4.69) is 208 Å². The predicted octanol–water partition coefficient (Wildman–Crippen LogP) is 18.2. The van der Waals surface area contributed by atoms with Crippen LogP contribution in [0.4, 0.5) is 28.4 Å². The molecule has 0 saturated carbocycles. The van der Waals surface area contributed by atoms with E-state index >= 15 is 0 Å². The molecule has 9 aromatic rings. The number of fused-ring (bicyclic) bond motifs is 15. The van der Waals surface area contributed by atoms with E-state index in [1.807, 2.05) is 22.7 Å². The monoisotopic (exact) mass is 962 g/mol. The van der Waals surface area contributed by atoms with E-state index in [4.69, 9.17) is 0 Å². The largest absolute Gasteiger partial charge is 0.375 e. The van der Waals surface area contributed by atoms with E-state index in [0.717, 1.165) is 0 Å². The maximum Gasteiger partial charge on any atom is 0.333 e. The van der Waals surface area contributed by atoms with Gasteiger partial charge in [-0.1, -0.05) is 150 Å². The fourth-order valence-electron chi connectivity index (χ4n) is 14.5. The topological polar surface area (TPSA) is 6.48 Å². The summed E-state index contributed by atoms with van der Waals surface area (Å²) in [7, 11) is 0. The van der Waals surface area contributed by atoms with Crippen LogP contribution in [-0.2, 0) is 32.5 Å². The molecule has 0 fully saturated rings. The van der Waals surface area contributed by atoms with Gasteiger partial charge < -0.3 is 9.71 Å². The van der Waals surface area contributed by atoms with E-state index in [1.54, 1.807) is 0 Å². The third-order valence-electron chi connectivity index (χ3n) is 19.2. The minimum absolute atomic E-state index is 0.0292. The van der Waals surface area contributed by atoms with Crippen LogP contribution in [0.5, 0.6) is 0 Å². The van der Waals surface area contributed by atoms with Crippen molar-refractivity contribution in [3.05, 3.63) is 149 Å². The average molecular weight is 963 g/mol. The number of rotatable bonds is 2. The van der Waals surface area contributed by atoms with Crippen molar-refractivity contribution in [3.63, 3.8) is 0 Å². The Hall–Kier alpha value is -5.36. The van der Waals surface area contributed by atoms with Crippen molar-refractivity contribution in [3.8, 4) is 11.1 Å². The van der Waals surface area contributed by atoms with Crippen molar-refractivity contribution >= 4 is 109 Å². The normalized spacial score (nSPS) is 20.4. The Morgan fingerprint density at radius 1 is 0.394 bits per heavy atom. The molecule has 0 spiro atoms. The summed E-state index contributed by atoms with van der Waals surface area (Å²) in [4.78, 5) is 5.66. The maximum atomic E-state index is 2.87. The van der Waals surface area contributed by atoms with Gasteiger partial charge in [0, 0.05) is 53.6 Å². The van der Waals surface area contributed by atoms with Gasteiger partial charge in [-0.25, -0.2) is 0 Å². The molecular weight excluding hydrogens is 896 g/mol. The molecule has 5 heteroatoms. The lowest BCUT2D eigenvalue weighted by Gasteiger charge is -2.49. The lowest BCUT2D eigenvalue weighted by molar-refractivity contribution is 0.332. The van der Waals surface area contributed by atoms with Crippen LogP contribution in [-0.4, -0.2) is 6.85 Å². The SMILES string of the molecule is CC1(C)CCC(C)(C)c2cc(N3B4c5cc6c(cc5N(c5ccc7c(c5)C(C)(C)CCC7(C)C)c5c4c(cc4c5sc5ccccc54)-c4ccc5c(sc7ccccc75)c43)C(C)(C)CCC6(C)C)ccc21. The van der Waals surface area contributed by atoms with Gasteiger partial charge in [0.05, 0.1) is 20.8 Å². The smallest absolute Gasteiger partial charge is 0.333 e. The second-order valence-electron chi connectivity index (χ2n) is 26.4. The summed E-state index contributed by atoms with van der Waals surface area (Å²) in [6, 6.07) is 46.7. The number of thiophene rings is 2. The van der Waals surface area contributed by atoms with Crippen LogP contribution in [0.25, 0.3) is 51.5 Å². The van der Waals surface area contributed by atoms with Gasteiger partial charge in [0.1, 0.15) is 0 Å². The van der Waals surface area contributed by atoms with Crippen molar-refractivity contribution in [1.29, 1.82) is 0 Å². The first-order valence-electron chi connectivity index (χ1n) is 26.7. The van der Waals surface area contributed by atoms with Gasteiger partial charge in [-0.15, -0.1) is 22.7 Å². The van der Waals surface area contributed by atoms with E-state index in [-0.39, 0.29) is 39.3 Å². The molecule has 0 N–H and O–H groups in total. The van der Waals surface area contributed by atoms with Crippen molar-refractivity contribution < 1.29 is 0 Å². The van der Waals surface area contributed by atoms with Crippen LogP contribution in [0, 0.1) is 0 Å². The lowest BCUT2D eigenvalue weighted by atomic mass is 9.42. The Balaban J connectivity index is 1.18. The Kier molecular flexibility index (Phi) is 8.89. The summed E-state index contributed by atoms with van der Waals surface area (Å²) in [5, 5.41) is 5.41. The van der Waals surface area contributed by atoms with E-state index in [1.165, 1.54) is 163 Å². The van der Waals surface area contributed by atoms with Gasteiger partial charge in [-0.3, -0.25) is 0 Å². The predicted molar refractivity (Wildman–Crippen MR) is 312 cm³/mol. The zero-order chi connectivity index (χ0) is 49.1. The van der Waals surface area contributed by atoms with Gasteiger partial charge in [-0.05, 0) is 169 Å². The summed E-state index contributed by atoms with van der Waals surface area (Å²) in [6.45, 7) is 29.8. The maximum absolute atomic E-state index is 2.87. The molecule has 7 aromatic carbocycles. The quantitative estimate of drug-likeness (QED) is 0.159. The minimum Gasteiger partial charge on any atom is -0.375 e. The van der Waals surface area contributed by atoms with Crippen molar-refractivity contribution in [2.24, 2.45) is 0 Å². The third-order valence-corrected chi connectivity index (χ3v) is 21.6. The molecule has 2 nitrogen and oxygen atoms in total. The minimum atomic E-state index is -0.0823. The van der Waals surface area contributed by atoms with Gasteiger partial charge in [0.2, 0.25) is 0 Å². The third kappa shape index (κ3) is 6.06. The van der Waals surface area contributed by atoms with Crippen LogP contribution in [0.2, 0.25) is 0 Å². The van der Waals surface area contributed by atoms with Gasteiger partial charge in [-0.2, -0.15) is 0 Å². The fraction of sp³-hybridized carbons (Fsp3) is 0.364. The second kappa shape index (κ2) is 14.2. The molecule has 0 saturated heterocycles. The van der Waals surface area contributed by atoms with Crippen molar-refractivity contribution in [2.75, 3.05) is 9.71 Å². The Morgan fingerprint density at radius 3 is 1.44 bits per heavy atom. The molecule has 0 amide bonds. The molecule has 356 valence electrons. The van der Waals surface area contributed by atoms with Crippen LogP contribution < -0.4 is 20.6 Å².